The molecule has 0 atom stereocenters. The molecule has 2 heterocycles. The smallest absolute Gasteiger partial charge is 0.255 e. The molecule has 3 aromatic rings. The predicted octanol–water partition coefficient (Wildman–Crippen LogP) is 3.25. The van der Waals surface area contributed by atoms with Crippen LogP contribution >= 0.6 is 11.6 Å². The Morgan fingerprint density at radius 1 is 0.949 bits per heavy atom. The summed E-state index contributed by atoms with van der Waals surface area (Å²) in [5, 5.41) is 9.18. The van der Waals surface area contributed by atoms with Crippen LogP contribution in [0.3, 0.4) is 0 Å². The number of carbonyl (C=O) groups is 2. The van der Waals surface area contributed by atoms with Crippen LogP contribution < -0.4 is 14.4 Å². The summed E-state index contributed by atoms with van der Waals surface area (Å²) in [5.74, 6) is 1.65. The highest BCUT2D eigenvalue weighted by Gasteiger charge is 2.26. The lowest BCUT2D eigenvalue weighted by molar-refractivity contribution is -0.132. The van der Waals surface area contributed by atoms with Gasteiger partial charge in [-0.3, -0.25) is 9.59 Å². The molecule has 0 N–H and O–H groups in total. The molecule has 0 spiro atoms. The molecule has 11 heteroatoms. The lowest BCUT2D eigenvalue weighted by Crippen LogP contribution is -2.52. The topological polar surface area (TPSA) is 97.3 Å². The Morgan fingerprint density at radius 3 is 2.36 bits per heavy atom. The van der Waals surface area contributed by atoms with E-state index in [1.54, 1.807) is 56.6 Å². The molecule has 0 aliphatic carbocycles. The molecule has 1 saturated heterocycles. The van der Waals surface area contributed by atoms with Gasteiger partial charge >= 0.3 is 0 Å². The average Bonchev–Trinajstić information content (AvgIpc) is 2.99. The molecule has 2 aromatic carbocycles. The van der Waals surface area contributed by atoms with Gasteiger partial charge in [-0.1, -0.05) is 23.7 Å². The minimum absolute atomic E-state index is 0.0500. The average molecular weight is 554 g/mol. The van der Waals surface area contributed by atoms with E-state index in [2.05, 4.69) is 15.1 Å². The van der Waals surface area contributed by atoms with Crippen LogP contribution in [0.2, 0.25) is 5.02 Å². The summed E-state index contributed by atoms with van der Waals surface area (Å²) in [6.45, 7) is 2.76. The normalized spacial score (nSPS) is 13.2. The number of piperazine rings is 1. The Bertz CT molecular complexity index is 1280. The SMILES string of the molecule is COCCN(CC(=O)N1CCN(c2ccc(-c3ccc(OC)cc3OC)nn2)CC1)C(=O)c1ccccc1Cl. The first-order chi connectivity index (χ1) is 18.9. The zero-order chi connectivity index (χ0) is 27.8. The van der Waals surface area contributed by atoms with Crippen molar-refractivity contribution in [3.8, 4) is 22.8 Å². The first-order valence-electron chi connectivity index (χ1n) is 12.6. The number of halogens is 1. The van der Waals surface area contributed by atoms with Gasteiger partial charge < -0.3 is 28.9 Å². The third kappa shape index (κ3) is 6.76. The van der Waals surface area contributed by atoms with E-state index < -0.39 is 0 Å². The number of hydrogen-bond donors (Lipinski definition) is 0. The molecule has 39 heavy (non-hydrogen) atoms. The molecule has 0 radical (unpaired) electrons. The molecular formula is C28H32ClN5O5. The number of anilines is 1. The van der Waals surface area contributed by atoms with Crippen molar-refractivity contribution in [2.75, 3.05) is 72.1 Å². The van der Waals surface area contributed by atoms with Crippen LogP contribution in [0.4, 0.5) is 5.82 Å². The number of hydrogen-bond acceptors (Lipinski definition) is 8. The van der Waals surface area contributed by atoms with E-state index in [1.807, 2.05) is 24.3 Å². The van der Waals surface area contributed by atoms with Crippen molar-refractivity contribution >= 4 is 29.2 Å². The first-order valence-corrected chi connectivity index (χ1v) is 12.9. The summed E-state index contributed by atoms with van der Waals surface area (Å²) in [4.78, 5) is 31.6. The highest BCUT2D eigenvalue weighted by molar-refractivity contribution is 6.33. The van der Waals surface area contributed by atoms with Crippen LogP contribution in [0, 0.1) is 0 Å². The van der Waals surface area contributed by atoms with E-state index in [1.165, 1.54) is 4.90 Å². The van der Waals surface area contributed by atoms with Crippen LogP contribution in [0.5, 0.6) is 11.5 Å². The van der Waals surface area contributed by atoms with Crippen molar-refractivity contribution in [3.05, 3.63) is 65.2 Å². The van der Waals surface area contributed by atoms with Crippen LogP contribution in [0.1, 0.15) is 10.4 Å². The van der Waals surface area contributed by atoms with Crippen molar-refractivity contribution in [1.82, 2.24) is 20.0 Å². The van der Waals surface area contributed by atoms with Gasteiger partial charge in [0.2, 0.25) is 5.91 Å². The van der Waals surface area contributed by atoms with Crippen LogP contribution in [-0.2, 0) is 9.53 Å². The van der Waals surface area contributed by atoms with Gasteiger partial charge in [0.05, 0.1) is 37.1 Å². The number of amides is 2. The summed E-state index contributed by atoms with van der Waals surface area (Å²) in [6.07, 6.45) is 0. The molecule has 1 fully saturated rings. The van der Waals surface area contributed by atoms with Crippen LogP contribution in [-0.4, -0.2) is 99.0 Å². The largest absolute Gasteiger partial charge is 0.497 e. The van der Waals surface area contributed by atoms with Crippen molar-refractivity contribution in [3.63, 3.8) is 0 Å². The summed E-state index contributed by atoms with van der Waals surface area (Å²) < 4.78 is 15.9. The summed E-state index contributed by atoms with van der Waals surface area (Å²) in [6, 6.07) is 16.2. The Morgan fingerprint density at radius 2 is 1.72 bits per heavy atom. The highest BCUT2D eigenvalue weighted by atomic mass is 35.5. The second-order valence-corrected chi connectivity index (χ2v) is 9.32. The van der Waals surface area contributed by atoms with E-state index >= 15 is 0 Å². The quantitative estimate of drug-likeness (QED) is 0.377. The molecule has 206 valence electrons. The van der Waals surface area contributed by atoms with Crippen LogP contribution in [0.25, 0.3) is 11.3 Å². The van der Waals surface area contributed by atoms with E-state index in [0.29, 0.717) is 60.6 Å². The van der Waals surface area contributed by atoms with Gasteiger partial charge in [-0.25, -0.2) is 0 Å². The number of nitrogens with zero attached hydrogens (tertiary/aromatic N) is 5. The van der Waals surface area contributed by atoms with Gasteiger partial charge in [-0.05, 0) is 36.4 Å². The fraction of sp³-hybridized carbons (Fsp3) is 0.357. The Balaban J connectivity index is 1.37. The molecule has 0 unspecified atom stereocenters. The zero-order valence-electron chi connectivity index (χ0n) is 22.3. The van der Waals surface area contributed by atoms with Crippen molar-refractivity contribution < 1.29 is 23.8 Å². The number of ether oxygens (including phenoxy) is 3. The summed E-state index contributed by atoms with van der Waals surface area (Å²) in [7, 11) is 4.76. The zero-order valence-corrected chi connectivity index (χ0v) is 23.1. The molecule has 1 aliphatic heterocycles. The van der Waals surface area contributed by atoms with Gasteiger partial charge in [0, 0.05) is 51.5 Å². The van der Waals surface area contributed by atoms with Crippen molar-refractivity contribution in [2.45, 2.75) is 0 Å². The maximum absolute atomic E-state index is 13.1. The monoisotopic (exact) mass is 553 g/mol. The van der Waals surface area contributed by atoms with Crippen LogP contribution in [0.15, 0.2) is 54.6 Å². The molecule has 1 aliphatic rings. The maximum Gasteiger partial charge on any atom is 0.255 e. The van der Waals surface area contributed by atoms with E-state index in [0.717, 1.165) is 11.4 Å². The molecule has 0 bridgehead atoms. The molecule has 4 rings (SSSR count). The Labute approximate surface area is 233 Å². The molecule has 2 amide bonds. The Kier molecular flexibility index (Phi) is 9.56. The van der Waals surface area contributed by atoms with Gasteiger partial charge in [0.1, 0.15) is 18.0 Å². The summed E-state index contributed by atoms with van der Waals surface area (Å²) in [5.41, 5.74) is 1.87. The van der Waals surface area contributed by atoms with Gasteiger partial charge in [-0.15, -0.1) is 10.2 Å². The molecule has 10 nitrogen and oxygen atoms in total. The molecule has 1 aromatic heterocycles. The number of benzene rings is 2. The molecular weight excluding hydrogens is 522 g/mol. The lowest BCUT2D eigenvalue weighted by Gasteiger charge is -2.36. The number of methoxy groups -OCH3 is 3. The number of rotatable bonds is 10. The second-order valence-electron chi connectivity index (χ2n) is 8.91. The fourth-order valence-corrected chi connectivity index (χ4v) is 4.57. The third-order valence-electron chi connectivity index (χ3n) is 6.57. The lowest BCUT2D eigenvalue weighted by atomic mass is 10.1. The third-order valence-corrected chi connectivity index (χ3v) is 6.90. The van der Waals surface area contributed by atoms with Crippen molar-refractivity contribution in [2.24, 2.45) is 0 Å². The molecule has 0 saturated carbocycles. The Hall–Kier alpha value is -3.89. The highest BCUT2D eigenvalue weighted by Crippen LogP contribution is 2.32. The number of carbonyl (C=O) groups excluding carboxylic acids is 2. The fourth-order valence-electron chi connectivity index (χ4n) is 4.35. The van der Waals surface area contributed by atoms with Gasteiger partial charge in [-0.2, -0.15) is 0 Å². The summed E-state index contributed by atoms with van der Waals surface area (Å²) >= 11 is 6.23. The van der Waals surface area contributed by atoms with Gasteiger partial charge in [0.15, 0.2) is 5.82 Å². The van der Waals surface area contributed by atoms with E-state index in [-0.39, 0.29) is 24.9 Å². The van der Waals surface area contributed by atoms with E-state index in [9.17, 15) is 9.59 Å². The predicted molar refractivity (Wildman–Crippen MR) is 149 cm³/mol. The van der Waals surface area contributed by atoms with Crippen molar-refractivity contribution in [1.29, 1.82) is 0 Å². The minimum Gasteiger partial charge on any atom is -0.497 e. The number of aromatic nitrogens is 2. The van der Waals surface area contributed by atoms with Gasteiger partial charge in [0.25, 0.3) is 5.91 Å². The van der Waals surface area contributed by atoms with E-state index in [4.69, 9.17) is 25.8 Å². The maximum atomic E-state index is 13.1. The first kappa shape index (κ1) is 28.1. The minimum atomic E-state index is -0.298. The standard InChI is InChI=1S/C28H32ClN5O5/c1-37-17-16-34(28(36)21-6-4-5-7-23(21)29)19-27(35)33-14-12-32(13-15-33)26-11-10-24(30-31-26)22-9-8-20(38-2)18-25(22)39-3/h4-11,18H,12-17,19H2,1-3H3. The second kappa shape index (κ2) is 13.3.